The lowest BCUT2D eigenvalue weighted by Gasteiger charge is -2.17. The van der Waals surface area contributed by atoms with Crippen molar-refractivity contribution in [1.29, 1.82) is 0 Å². The summed E-state index contributed by atoms with van der Waals surface area (Å²) in [4.78, 5) is 4.04. The minimum Gasteiger partial charge on any atom is -0.310 e. The number of halogens is 3. The first-order valence-electron chi connectivity index (χ1n) is 6.79. The van der Waals surface area contributed by atoms with Gasteiger partial charge in [-0.25, -0.2) is 4.98 Å². The van der Waals surface area contributed by atoms with Crippen molar-refractivity contribution in [1.82, 2.24) is 10.3 Å². The van der Waals surface area contributed by atoms with Crippen molar-refractivity contribution in [2.24, 2.45) is 0 Å². The SMILES string of the molecule is CCCNC(C)c1ccccc1-c1cnc(C(F)(F)F)s1. The summed E-state index contributed by atoms with van der Waals surface area (Å²) in [6.45, 7) is 4.95. The number of thiazole rings is 1. The third kappa shape index (κ3) is 3.83. The van der Waals surface area contributed by atoms with E-state index in [0.29, 0.717) is 16.2 Å². The van der Waals surface area contributed by atoms with Crippen LogP contribution < -0.4 is 5.32 Å². The standard InChI is InChI=1S/C15H17F3N2S/c1-3-8-19-10(2)11-6-4-5-7-12(11)13-9-20-14(21-13)15(16,17)18/h4-7,9-10,19H,3,8H2,1-2H3. The summed E-state index contributed by atoms with van der Waals surface area (Å²) < 4.78 is 38.0. The summed E-state index contributed by atoms with van der Waals surface area (Å²) >= 11 is 0.684. The maximum atomic E-state index is 12.7. The van der Waals surface area contributed by atoms with Crippen LogP contribution in [0.15, 0.2) is 30.5 Å². The van der Waals surface area contributed by atoms with Crippen LogP contribution in [0.3, 0.4) is 0 Å². The van der Waals surface area contributed by atoms with E-state index in [1.807, 2.05) is 31.2 Å². The third-order valence-corrected chi connectivity index (χ3v) is 4.22. The van der Waals surface area contributed by atoms with Gasteiger partial charge in [-0.3, -0.25) is 0 Å². The van der Waals surface area contributed by atoms with E-state index in [-0.39, 0.29) is 6.04 Å². The molecule has 0 saturated heterocycles. The normalized spacial score (nSPS) is 13.4. The number of rotatable bonds is 5. The Hall–Kier alpha value is -1.40. The van der Waals surface area contributed by atoms with Crippen LogP contribution in [-0.2, 0) is 6.18 Å². The highest BCUT2D eigenvalue weighted by atomic mass is 32.1. The van der Waals surface area contributed by atoms with Crippen molar-refractivity contribution < 1.29 is 13.2 Å². The molecule has 21 heavy (non-hydrogen) atoms. The zero-order valence-electron chi connectivity index (χ0n) is 11.9. The third-order valence-electron chi connectivity index (χ3n) is 3.14. The molecule has 2 nitrogen and oxygen atoms in total. The lowest BCUT2D eigenvalue weighted by molar-refractivity contribution is -0.137. The zero-order valence-corrected chi connectivity index (χ0v) is 12.7. The van der Waals surface area contributed by atoms with Crippen LogP contribution in [0.25, 0.3) is 10.4 Å². The molecule has 1 heterocycles. The molecule has 0 radical (unpaired) electrons. The molecule has 1 aromatic heterocycles. The van der Waals surface area contributed by atoms with E-state index in [0.717, 1.165) is 24.1 Å². The van der Waals surface area contributed by atoms with Gasteiger partial charge in [-0.1, -0.05) is 31.2 Å². The zero-order chi connectivity index (χ0) is 15.5. The van der Waals surface area contributed by atoms with Crippen molar-refractivity contribution in [2.45, 2.75) is 32.5 Å². The Labute approximate surface area is 126 Å². The number of nitrogens with zero attached hydrogens (tertiary/aromatic N) is 1. The van der Waals surface area contributed by atoms with Gasteiger partial charge in [0.25, 0.3) is 0 Å². The van der Waals surface area contributed by atoms with Gasteiger partial charge in [0.2, 0.25) is 0 Å². The van der Waals surface area contributed by atoms with E-state index in [1.54, 1.807) is 0 Å². The molecule has 0 spiro atoms. The number of alkyl halides is 3. The Morgan fingerprint density at radius 3 is 2.62 bits per heavy atom. The van der Waals surface area contributed by atoms with Crippen molar-refractivity contribution in [3.05, 3.63) is 41.0 Å². The van der Waals surface area contributed by atoms with Crippen molar-refractivity contribution in [3.8, 4) is 10.4 Å². The van der Waals surface area contributed by atoms with Gasteiger partial charge in [0.05, 0.1) is 4.88 Å². The van der Waals surface area contributed by atoms with Gasteiger partial charge >= 0.3 is 6.18 Å². The average Bonchev–Trinajstić information content (AvgIpc) is 2.94. The molecule has 2 rings (SSSR count). The number of hydrogen-bond donors (Lipinski definition) is 1. The summed E-state index contributed by atoms with van der Waals surface area (Å²) in [5.74, 6) is 0. The predicted molar refractivity (Wildman–Crippen MR) is 79.3 cm³/mol. The number of nitrogens with one attached hydrogen (secondary N) is 1. The van der Waals surface area contributed by atoms with Crippen LogP contribution in [0.2, 0.25) is 0 Å². The monoisotopic (exact) mass is 314 g/mol. The van der Waals surface area contributed by atoms with Gasteiger partial charge < -0.3 is 5.32 Å². The molecule has 6 heteroatoms. The molecule has 0 saturated carbocycles. The molecule has 0 aliphatic heterocycles. The number of aromatic nitrogens is 1. The first-order valence-corrected chi connectivity index (χ1v) is 7.60. The van der Waals surface area contributed by atoms with Crippen molar-refractivity contribution in [2.75, 3.05) is 6.54 Å². The Balaban J connectivity index is 2.34. The topological polar surface area (TPSA) is 24.9 Å². The van der Waals surface area contributed by atoms with Gasteiger partial charge in [-0.2, -0.15) is 13.2 Å². The summed E-state index contributed by atoms with van der Waals surface area (Å²) in [6, 6.07) is 7.59. The molecule has 0 aliphatic carbocycles. The second-order valence-electron chi connectivity index (χ2n) is 4.79. The maximum Gasteiger partial charge on any atom is 0.443 e. The van der Waals surface area contributed by atoms with Crippen LogP contribution in [0.1, 0.15) is 36.9 Å². The molecule has 1 unspecified atom stereocenters. The van der Waals surface area contributed by atoms with E-state index >= 15 is 0 Å². The molecule has 0 bridgehead atoms. The van der Waals surface area contributed by atoms with Crippen LogP contribution >= 0.6 is 11.3 Å². The quantitative estimate of drug-likeness (QED) is 0.850. The summed E-state index contributed by atoms with van der Waals surface area (Å²) in [5.41, 5.74) is 1.80. The maximum absolute atomic E-state index is 12.7. The predicted octanol–water partition coefficient (Wildman–Crippen LogP) is 4.89. The number of benzene rings is 1. The molecule has 114 valence electrons. The Kier molecular flexibility index (Phi) is 5.00. The fraction of sp³-hybridized carbons (Fsp3) is 0.400. The first kappa shape index (κ1) is 16.0. The molecule has 0 fully saturated rings. The highest BCUT2D eigenvalue weighted by Crippen LogP contribution is 2.38. The second-order valence-corrected chi connectivity index (χ2v) is 5.82. The lowest BCUT2D eigenvalue weighted by Crippen LogP contribution is -2.19. The fourth-order valence-electron chi connectivity index (χ4n) is 2.10. The molecule has 1 aromatic carbocycles. The van der Waals surface area contributed by atoms with Gasteiger partial charge in [0.1, 0.15) is 0 Å². The van der Waals surface area contributed by atoms with E-state index in [9.17, 15) is 13.2 Å². The van der Waals surface area contributed by atoms with Crippen molar-refractivity contribution in [3.63, 3.8) is 0 Å². The molecule has 1 N–H and O–H groups in total. The van der Waals surface area contributed by atoms with Crippen LogP contribution in [-0.4, -0.2) is 11.5 Å². The van der Waals surface area contributed by atoms with E-state index < -0.39 is 11.2 Å². The molecule has 0 amide bonds. The van der Waals surface area contributed by atoms with Crippen LogP contribution in [0, 0.1) is 0 Å². The van der Waals surface area contributed by atoms with Gasteiger partial charge in [0, 0.05) is 12.2 Å². The van der Waals surface area contributed by atoms with Crippen molar-refractivity contribution >= 4 is 11.3 Å². The Morgan fingerprint density at radius 1 is 1.29 bits per heavy atom. The Bertz CT molecular complexity index is 593. The summed E-state index contributed by atoms with van der Waals surface area (Å²) in [5, 5.41) is 2.55. The molecule has 1 atom stereocenters. The molecular weight excluding hydrogens is 297 g/mol. The summed E-state index contributed by atoms with van der Waals surface area (Å²) in [7, 11) is 0. The van der Waals surface area contributed by atoms with E-state index in [2.05, 4.69) is 17.2 Å². The average molecular weight is 314 g/mol. The Morgan fingerprint density at radius 2 is 2.00 bits per heavy atom. The minimum atomic E-state index is -4.38. The molecular formula is C15H17F3N2S. The largest absolute Gasteiger partial charge is 0.443 e. The highest BCUT2D eigenvalue weighted by Gasteiger charge is 2.34. The van der Waals surface area contributed by atoms with Gasteiger partial charge in [-0.05, 0) is 31.0 Å². The van der Waals surface area contributed by atoms with E-state index in [1.165, 1.54) is 6.20 Å². The minimum absolute atomic E-state index is 0.0811. The number of hydrogen-bond acceptors (Lipinski definition) is 3. The van der Waals surface area contributed by atoms with Gasteiger partial charge in [-0.15, -0.1) is 11.3 Å². The van der Waals surface area contributed by atoms with E-state index in [4.69, 9.17) is 0 Å². The smallest absolute Gasteiger partial charge is 0.310 e. The fourth-order valence-corrected chi connectivity index (χ4v) is 2.93. The lowest BCUT2D eigenvalue weighted by atomic mass is 10.0. The van der Waals surface area contributed by atoms with Gasteiger partial charge in [0.15, 0.2) is 5.01 Å². The summed E-state index contributed by atoms with van der Waals surface area (Å²) in [6.07, 6.45) is -2.08. The van der Waals surface area contributed by atoms with Crippen LogP contribution in [0.4, 0.5) is 13.2 Å². The molecule has 2 aromatic rings. The first-order chi connectivity index (χ1) is 9.93. The molecule has 0 aliphatic rings. The second kappa shape index (κ2) is 6.58. The van der Waals surface area contributed by atoms with Crippen LogP contribution in [0.5, 0.6) is 0 Å². The highest BCUT2D eigenvalue weighted by molar-refractivity contribution is 7.15.